The Morgan fingerprint density at radius 3 is 2.85 bits per heavy atom. The molecule has 2 heterocycles. The highest BCUT2D eigenvalue weighted by Crippen LogP contribution is 2.25. The number of amides is 1. The number of nitrogens with one attached hydrogen (secondary N) is 2. The van der Waals surface area contributed by atoms with Gasteiger partial charge in [0.05, 0.1) is 6.10 Å². The zero-order chi connectivity index (χ0) is 18.8. The summed E-state index contributed by atoms with van der Waals surface area (Å²) in [6.07, 6.45) is 2.18. The lowest BCUT2D eigenvalue weighted by Crippen LogP contribution is -2.31. The minimum Gasteiger partial charge on any atom is -0.376 e. The number of rotatable bonds is 4. The van der Waals surface area contributed by atoms with E-state index in [1.807, 2.05) is 49.4 Å². The molecule has 0 saturated carbocycles. The van der Waals surface area contributed by atoms with Crippen molar-refractivity contribution in [1.82, 2.24) is 10.3 Å². The number of aromatic amines is 1. The van der Waals surface area contributed by atoms with E-state index in [1.165, 1.54) is 0 Å². The molecule has 5 nitrogen and oxygen atoms in total. The summed E-state index contributed by atoms with van der Waals surface area (Å²) < 4.78 is 5.55. The second kappa shape index (κ2) is 7.37. The number of H-pyrrole nitrogens is 1. The van der Waals surface area contributed by atoms with Crippen molar-refractivity contribution in [3.8, 4) is 11.1 Å². The van der Waals surface area contributed by atoms with E-state index < -0.39 is 0 Å². The van der Waals surface area contributed by atoms with E-state index in [4.69, 9.17) is 4.74 Å². The third kappa shape index (κ3) is 3.78. The maximum Gasteiger partial charge on any atom is 0.251 e. The quantitative estimate of drug-likeness (QED) is 0.747. The van der Waals surface area contributed by atoms with Gasteiger partial charge in [-0.1, -0.05) is 18.2 Å². The van der Waals surface area contributed by atoms with E-state index >= 15 is 0 Å². The molecule has 4 rings (SSSR count). The molecule has 5 heteroatoms. The Morgan fingerprint density at radius 1 is 1.19 bits per heavy atom. The van der Waals surface area contributed by atoms with Crippen molar-refractivity contribution in [3.63, 3.8) is 0 Å². The fraction of sp³-hybridized carbons (Fsp3) is 0.273. The number of pyridine rings is 1. The number of benzene rings is 2. The average molecular weight is 362 g/mol. The number of hydrogen-bond acceptors (Lipinski definition) is 3. The molecule has 2 aromatic carbocycles. The predicted molar refractivity (Wildman–Crippen MR) is 106 cm³/mol. The van der Waals surface area contributed by atoms with Gasteiger partial charge in [-0.05, 0) is 60.7 Å². The first kappa shape index (κ1) is 17.5. The highest BCUT2D eigenvalue weighted by atomic mass is 16.5. The fourth-order valence-electron chi connectivity index (χ4n) is 3.56. The van der Waals surface area contributed by atoms with Gasteiger partial charge in [-0.15, -0.1) is 0 Å². The van der Waals surface area contributed by atoms with Crippen LogP contribution in [0.5, 0.6) is 0 Å². The third-order valence-corrected chi connectivity index (χ3v) is 5.02. The molecule has 1 fully saturated rings. The first-order valence-corrected chi connectivity index (χ1v) is 9.24. The Bertz CT molecular complexity index is 1050. The van der Waals surface area contributed by atoms with E-state index in [0.29, 0.717) is 12.1 Å². The number of aryl methyl sites for hydroxylation is 1. The van der Waals surface area contributed by atoms with Crippen molar-refractivity contribution in [1.29, 1.82) is 0 Å². The Balaban J connectivity index is 1.59. The molecular formula is C22H22N2O3. The molecular weight excluding hydrogens is 340 g/mol. The number of fused-ring (bicyclic) bond motifs is 1. The summed E-state index contributed by atoms with van der Waals surface area (Å²) in [4.78, 5) is 27.0. The fourth-order valence-corrected chi connectivity index (χ4v) is 3.56. The highest BCUT2D eigenvalue weighted by Gasteiger charge is 2.17. The Morgan fingerprint density at radius 2 is 2.04 bits per heavy atom. The van der Waals surface area contributed by atoms with Gasteiger partial charge in [0.1, 0.15) is 0 Å². The summed E-state index contributed by atoms with van der Waals surface area (Å²) >= 11 is 0. The Labute approximate surface area is 157 Å². The number of carbonyl (C=O) groups is 1. The topological polar surface area (TPSA) is 71.2 Å². The summed E-state index contributed by atoms with van der Waals surface area (Å²) in [6.45, 7) is 3.25. The molecule has 2 N–H and O–H groups in total. The lowest BCUT2D eigenvalue weighted by molar-refractivity contribution is 0.0858. The van der Waals surface area contributed by atoms with E-state index in [-0.39, 0.29) is 17.6 Å². The lowest BCUT2D eigenvalue weighted by atomic mass is 9.99. The molecule has 0 aliphatic carbocycles. The summed E-state index contributed by atoms with van der Waals surface area (Å²) in [5.74, 6) is -0.0892. The summed E-state index contributed by atoms with van der Waals surface area (Å²) in [7, 11) is 0. The van der Waals surface area contributed by atoms with Crippen LogP contribution in [0.25, 0.3) is 22.0 Å². The van der Waals surface area contributed by atoms with Crippen molar-refractivity contribution in [3.05, 3.63) is 70.0 Å². The van der Waals surface area contributed by atoms with Gasteiger partial charge in [-0.2, -0.15) is 0 Å². The van der Waals surface area contributed by atoms with Crippen molar-refractivity contribution < 1.29 is 9.53 Å². The zero-order valence-electron chi connectivity index (χ0n) is 15.2. The first-order chi connectivity index (χ1) is 13.1. The van der Waals surface area contributed by atoms with Gasteiger partial charge in [0, 0.05) is 35.7 Å². The molecule has 1 aromatic heterocycles. The van der Waals surface area contributed by atoms with E-state index in [0.717, 1.165) is 47.0 Å². The van der Waals surface area contributed by atoms with Gasteiger partial charge in [0.25, 0.3) is 5.91 Å². The van der Waals surface area contributed by atoms with Crippen LogP contribution < -0.4 is 10.9 Å². The Kier molecular flexibility index (Phi) is 4.77. The van der Waals surface area contributed by atoms with E-state index in [9.17, 15) is 9.59 Å². The summed E-state index contributed by atoms with van der Waals surface area (Å²) in [5.41, 5.74) is 4.25. The molecule has 1 aliphatic rings. The summed E-state index contributed by atoms with van der Waals surface area (Å²) in [5, 5.41) is 3.96. The molecule has 27 heavy (non-hydrogen) atoms. The average Bonchev–Trinajstić information content (AvgIpc) is 3.19. The zero-order valence-corrected chi connectivity index (χ0v) is 15.2. The third-order valence-electron chi connectivity index (χ3n) is 5.02. The molecule has 0 bridgehead atoms. The normalized spacial score (nSPS) is 16.6. The van der Waals surface area contributed by atoms with Crippen LogP contribution in [-0.4, -0.2) is 30.1 Å². The largest absolute Gasteiger partial charge is 0.376 e. The lowest BCUT2D eigenvalue weighted by Gasteiger charge is -2.12. The summed E-state index contributed by atoms with van der Waals surface area (Å²) in [6, 6.07) is 15.1. The van der Waals surface area contributed by atoms with Gasteiger partial charge >= 0.3 is 0 Å². The maximum atomic E-state index is 12.5. The van der Waals surface area contributed by atoms with Crippen LogP contribution >= 0.6 is 0 Å². The van der Waals surface area contributed by atoms with Gasteiger partial charge in [0.15, 0.2) is 0 Å². The molecule has 138 valence electrons. The minimum absolute atomic E-state index is 0.0892. The van der Waals surface area contributed by atoms with Gasteiger partial charge < -0.3 is 15.0 Å². The Hall–Kier alpha value is -2.92. The molecule has 1 saturated heterocycles. The molecule has 1 aliphatic heterocycles. The SMILES string of the molecule is Cc1cc(=O)[nH]c2ccc(-c3cccc(C(=O)NC[C@@H]4CCCO4)c3)cc12. The molecule has 1 amide bonds. The predicted octanol–water partition coefficient (Wildman–Crippen LogP) is 3.41. The van der Waals surface area contributed by atoms with Crippen LogP contribution in [0.3, 0.4) is 0 Å². The molecule has 0 radical (unpaired) electrons. The van der Waals surface area contributed by atoms with E-state index in [2.05, 4.69) is 10.3 Å². The number of carbonyl (C=O) groups excluding carboxylic acids is 1. The molecule has 0 unspecified atom stereocenters. The highest BCUT2D eigenvalue weighted by molar-refractivity contribution is 5.96. The van der Waals surface area contributed by atoms with Gasteiger partial charge in [-0.25, -0.2) is 0 Å². The number of ether oxygens (including phenoxy) is 1. The van der Waals surface area contributed by atoms with Crippen molar-refractivity contribution in [2.75, 3.05) is 13.2 Å². The maximum absolute atomic E-state index is 12.5. The van der Waals surface area contributed by atoms with Crippen molar-refractivity contribution in [2.45, 2.75) is 25.9 Å². The van der Waals surface area contributed by atoms with Crippen LogP contribution in [-0.2, 0) is 4.74 Å². The van der Waals surface area contributed by atoms with E-state index in [1.54, 1.807) is 6.07 Å². The van der Waals surface area contributed by atoms with Crippen molar-refractivity contribution >= 4 is 16.8 Å². The monoisotopic (exact) mass is 362 g/mol. The molecule has 3 aromatic rings. The first-order valence-electron chi connectivity index (χ1n) is 9.24. The minimum atomic E-state index is -0.0994. The van der Waals surface area contributed by atoms with Gasteiger partial charge in [0.2, 0.25) is 5.56 Å². The van der Waals surface area contributed by atoms with Crippen LogP contribution in [0.15, 0.2) is 53.3 Å². The van der Waals surface area contributed by atoms with Crippen molar-refractivity contribution in [2.24, 2.45) is 0 Å². The van der Waals surface area contributed by atoms with Crippen LogP contribution in [0.4, 0.5) is 0 Å². The molecule has 0 spiro atoms. The van der Waals surface area contributed by atoms with Crippen LogP contribution in [0.2, 0.25) is 0 Å². The second-order valence-electron chi connectivity index (χ2n) is 7.00. The number of aromatic nitrogens is 1. The van der Waals surface area contributed by atoms with Gasteiger partial charge in [-0.3, -0.25) is 9.59 Å². The molecule has 1 atom stereocenters. The smallest absolute Gasteiger partial charge is 0.251 e. The van der Waals surface area contributed by atoms with Crippen LogP contribution in [0.1, 0.15) is 28.8 Å². The number of hydrogen-bond donors (Lipinski definition) is 2. The van der Waals surface area contributed by atoms with Crippen LogP contribution in [0, 0.1) is 6.92 Å². The second-order valence-corrected chi connectivity index (χ2v) is 7.00. The standard InChI is InChI=1S/C22H22N2O3/c1-14-10-21(25)24-20-8-7-16(12-19(14)20)15-4-2-5-17(11-15)22(26)23-13-18-6-3-9-27-18/h2,4-5,7-8,10-12,18H,3,6,9,13H2,1H3,(H,23,26)(H,24,25)/t18-/m0/s1.